The number of carbonyl (C=O) groups excluding carboxylic acids is 2. The lowest BCUT2D eigenvalue weighted by molar-refractivity contribution is -0.313. The van der Waals surface area contributed by atoms with E-state index in [1.54, 1.807) is 0 Å². The number of para-hydroxylation sites is 2. The fraction of sp³-hybridized carbons (Fsp3) is 0.545. The maximum absolute atomic E-state index is 13.1. The molecule has 2 aliphatic rings. The van der Waals surface area contributed by atoms with Crippen LogP contribution in [0.3, 0.4) is 0 Å². The number of amides is 1. The third-order valence-corrected chi connectivity index (χ3v) is 5.98. The van der Waals surface area contributed by atoms with Gasteiger partial charge in [-0.15, -0.1) is 0 Å². The average molecular weight is 385 g/mol. The summed E-state index contributed by atoms with van der Waals surface area (Å²) in [5.41, 5.74) is 3.23. The molecular formula is C22H29N2O4-. The summed E-state index contributed by atoms with van der Waals surface area (Å²) in [5, 5.41) is 11.6. The van der Waals surface area contributed by atoms with Crippen molar-refractivity contribution in [2.45, 2.75) is 33.6 Å². The topological polar surface area (TPSA) is 72.9 Å². The van der Waals surface area contributed by atoms with E-state index < -0.39 is 17.8 Å². The number of nitrogens with zero attached hydrogens (tertiary/aromatic N) is 2. The highest BCUT2D eigenvalue weighted by Crippen LogP contribution is 2.35. The van der Waals surface area contributed by atoms with Gasteiger partial charge in [0.05, 0.1) is 18.2 Å². The maximum atomic E-state index is 13.1. The maximum Gasteiger partial charge on any atom is 0.226 e. The number of carboxylic acids is 1. The summed E-state index contributed by atoms with van der Waals surface area (Å²) in [6.45, 7) is 9.06. The molecule has 1 aliphatic carbocycles. The molecule has 6 nitrogen and oxygen atoms in total. The van der Waals surface area contributed by atoms with Crippen molar-refractivity contribution in [2.75, 3.05) is 37.7 Å². The predicted molar refractivity (Wildman–Crippen MR) is 106 cm³/mol. The number of anilines is 1. The van der Waals surface area contributed by atoms with Crippen LogP contribution in [-0.2, 0) is 9.59 Å². The molecule has 152 valence electrons. The van der Waals surface area contributed by atoms with Crippen molar-refractivity contribution in [1.82, 2.24) is 4.90 Å². The number of aliphatic carboxylic acids is 1. The molecule has 0 N–H and O–H groups in total. The van der Waals surface area contributed by atoms with E-state index >= 15 is 0 Å². The molecule has 0 aromatic heterocycles. The molecule has 0 radical (unpaired) electrons. The van der Waals surface area contributed by atoms with Crippen LogP contribution in [0, 0.1) is 11.8 Å². The van der Waals surface area contributed by atoms with Crippen LogP contribution < -0.4 is 14.7 Å². The van der Waals surface area contributed by atoms with Crippen molar-refractivity contribution in [3.8, 4) is 5.75 Å². The van der Waals surface area contributed by atoms with Crippen LogP contribution in [0.15, 0.2) is 35.4 Å². The molecule has 2 atom stereocenters. The summed E-state index contributed by atoms with van der Waals surface area (Å²) in [6.07, 6.45) is 0.920. The Hall–Kier alpha value is -2.50. The first-order valence-electron chi connectivity index (χ1n) is 10.0. The van der Waals surface area contributed by atoms with Gasteiger partial charge in [-0.25, -0.2) is 0 Å². The number of allylic oxidation sites excluding steroid dienone is 2. The summed E-state index contributed by atoms with van der Waals surface area (Å²) in [5.74, 6) is -1.57. The molecule has 0 spiro atoms. The van der Waals surface area contributed by atoms with Gasteiger partial charge in [0.25, 0.3) is 0 Å². The van der Waals surface area contributed by atoms with Crippen LogP contribution >= 0.6 is 0 Å². The molecule has 28 heavy (non-hydrogen) atoms. The minimum atomic E-state index is -1.12. The number of piperazine rings is 1. The van der Waals surface area contributed by atoms with Crippen LogP contribution in [0.5, 0.6) is 5.75 Å². The highest BCUT2D eigenvalue weighted by Gasteiger charge is 2.37. The Morgan fingerprint density at radius 2 is 1.64 bits per heavy atom. The van der Waals surface area contributed by atoms with Crippen molar-refractivity contribution >= 4 is 17.6 Å². The molecule has 1 saturated heterocycles. The monoisotopic (exact) mass is 385 g/mol. The summed E-state index contributed by atoms with van der Waals surface area (Å²) in [6, 6.07) is 7.93. The molecule has 0 bridgehead atoms. The number of benzene rings is 1. The fourth-order valence-electron chi connectivity index (χ4n) is 4.20. The van der Waals surface area contributed by atoms with Gasteiger partial charge in [0.2, 0.25) is 5.91 Å². The highest BCUT2D eigenvalue weighted by atomic mass is 16.5. The van der Waals surface area contributed by atoms with Crippen LogP contribution in [0.2, 0.25) is 0 Å². The molecule has 0 saturated carbocycles. The van der Waals surface area contributed by atoms with E-state index in [9.17, 15) is 14.7 Å². The smallest absolute Gasteiger partial charge is 0.226 e. The molecule has 1 fully saturated rings. The first kappa shape index (κ1) is 20.2. The second-order valence-corrected chi connectivity index (χ2v) is 7.71. The summed E-state index contributed by atoms with van der Waals surface area (Å²) in [4.78, 5) is 28.8. The first-order valence-corrected chi connectivity index (χ1v) is 10.0. The van der Waals surface area contributed by atoms with Gasteiger partial charge in [0.15, 0.2) is 0 Å². The van der Waals surface area contributed by atoms with Gasteiger partial charge >= 0.3 is 0 Å². The molecule has 6 heteroatoms. The van der Waals surface area contributed by atoms with E-state index in [1.807, 2.05) is 49.9 Å². The van der Waals surface area contributed by atoms with Crippen molar-refractivity contribution in [3.05, 3.63) is 35.4 Å². The molecule has 0 unspecified atom stereocenters. The molecular weight excluding hydrogens is 356 g/mol. The lowest BCUT2D eigenvalue weighted by atomic mass is 9.76. The number of rotatable bonds is 5. The third kappa shape index (κ3) is 4.16. The minimum Gasteiger partial charge on any atom is -0.550 e. The van der Waals surface area contributed by atoms with Crippen molar-refractivity contribution in [2.24, 2.45) is 11.8 Å². The molecule has 1 aliphatic heterocycles. The zero-order valence-corrected chi connectivity index (χ0v) is 16.9. The van der Waals surface area contributed by atoms with E-state index in [0.29, 0.717) is 45.6 Å². The van der Waals surface area contributed by atoms with Crippen molar-refractivity contribution < 1.29 is 19.4 Å². The third-order valence-electron chi connectivity index (χ3n) is 5.98. The SMILES string of the molecule is CCOc1ccccc1N1CCN(C(=O)[C@H]2CC(C)=C(C)C[C@@H]2C(=O)[O-])CC1. The molecule has 1 aromatic carbocycles. The van der Waals surface area contributed by atoms with Gasteiger partial charge in [-0.1, -0.05) is 23.3 Å². The Bertz CT molecular complexity index is 766. The predicted octanol–water partition coefficient (Wildman–Crippen LogP) is 1.85. The van der Waals surface area contributed by atoms with Gasteiger partial charge in [-0.3, -0.25) is 4.79 Å². The second-order valence-electron chi connectivity index (χ2n) is 7.71. The van der Waals surface area contributed by atoms with Crippen LogP contribution in [0.4, 0.5) is 5.69 Å². The lowest BCUT2D eigenvalue weighted by Crippen LogP contribution is -2.53. The summed E-state index contributed by atoms with van der Waals surface area (Å²) < 4.78 is 5.72. The van der Waals surface area contributed by atoms with E-state index in [2.05, 4.69) is 4.90 Å². The van der Waals surface area contributed by atoms with Gasteiger partial charge in [0, 0.05) is 38.1 Å². The van der Waals surface area contributed by atoms with Gasteiger partial charge in [0.1, 0.15) is 5.75 Å². The number of hydrogen-bond acceptors (Lipinski definition) is 5. The Labute approximate surface area is 166 Å². The van der Waals surface area contributed by atoms with Gasteiger partial charge in [-0.2, -0.15) is 0 Å². The number of ether oxygens (including phenoxy) is 1. The second kappa shape index (κ2) is 8.67. The van der Waals surface area contributed by atoms with Crippen molar-refractivity contribution in [1.29, 1.82) is 0 Å². The van der Waals surface area contributed by atoms with Crippen molar-refractivity contribution in [3.63, 3.8) is 0 Å². The van der Waals surface area contributed by atoms with Crippen LogP contribution in [0.25, 0.3) is 0 Å². The normalized spacial score (nSPS) is 23.0. The average Bonchev–Trinajstić information content (AvgIpc) is 2.70. The number of hydrogen-bond donors (Lipinski definition) is 0. The molecule has 3 rings (SSSR count). The molecule has 1 aromatic rings. The van der Waals surface area contributed by atoms with E-state index in [1.165, 1.54) is 0 Å². The van der Waals surface area contributed by atoms with Crippen LogP contribution in [-0.4, -0.2) is 49.6 Å². The Morgan fingerprint density at radius 3 is 2.25 bits per heavy atom. The van der Waals surface area contributed by atoms with Gasteiger partial charge < -0.3 is 24.4 Å². The van der Waals surface area contributed by atoms with Crippen LogP contribution in [0.1, 0.15) is 33.6 Å². The first-order chi connectivity index (χ1) is 13.4. The fourth-order valence-corrected chi connectivity index (χ4v) is 4.20. The lowest BCUT2D eigenvalue weighted by Gasteiger charge is -2.40. The van der Waals surface area contributed by atoms with E-state index in [0.717, 1.165) is 22.6 Å². The number of carboxylic acid groups (broad SMARTS) is 1. The molecule has 1 amide bonds. The van der Waals surface area contributed by atoms with Gasteiger partial charge in [-0.05, 0) is 45.7 Å². The Morgan fingerprint density at radius 1 is 1.04 bits per heavy atom. The molecule has 1 heterocycles. The van der Waals surface area contributed by atoms with E-state index in [4.69, 9.17) is 4.74 Å². The zero-order chi connectivity index (χ0) is 20.3. The Kier molecular flexibility index (Phi) is 6.27. The minimum absolute atomic E-state index is 0.0567. The Balaban J connectivity index is 1.68. The summed E-state index contributed by atoms with van der Waals surface area (Å²) >= 11 is 0. The largest absolute Gasteiger partial charge is 0.550 e. The van der Waals surface area contributed by atoms with E-state index in [-0.39, 0.29) is 5.91 Å². The highest BCUT2D eigenvalue weighted by molar-refractivity contribution is 5.85. The zero-order valence-electron chi connectivity index (χ0n) is 16.9. The summed E-state index contributed by atoms with van der Waals surface area (Å²) in [7, 11) is 0. The quantitative estimate of drug-likeness (QED) is 0.723. The standard InChI is InChI=1S/C22H30N2O4/c1-4-28-20-8-6-5-7-19(20)23-9-11-24(12-10-23)21(25)17-13-15(2)16(3)14-18(17)22(26)27/h5-8,17-18H,4,9-14H2,1-3H3,(H,26,27)/p-1/t17-,18-/m0/s1. The number of carbonyl (C=O) groups is 2.